The Hall–Kier alpha value is -2.12. The summed E-state index contributed by atoms with van der Waals surface area (Å²) < 4.78 is 0. The maximum atomic E-state index is 12.4. The molecule has 0 aromatic heterocycles. The summed E-state index contributed by atoms with van der Waals surface area (Å²) in [5.41, 5.74) is -2.51. The van der Waals surface area contributed by atoms with Crippen LogP contribution in [0.4, 0.5) is 4.79 Å². The molecule has 0 atom stereocenters. The van der Waals surface area contributed by atoms with Crippen molar-refractivity contribution in [2.24, 2.45) is 0 Å². The largest absolute Gasteiger partial charge is 0.480 e. The molecule has 8 nitrogen and oxygen atoms in total. The molecule has 0 unspecified atom stereocenters. The first-order valence-electron chi connectivity index (χ1n) is 6.86. The van der Waals surface area contributed by atoms with Crippen molar-refractivity contribution in [1.29, 1.82) is 0 Å². The van der Waals surface area contributed by atoms with Crippen molar-refractivity contribution >= 4 is 23.8 Å². The molecular formula is C13H19N3O5. The van der Waals surface area contributed by atoms with E-state index in [0.717, 1.165) is 17.7 Å². The number of carboxylic acids is 1. The number of amides is 4. The van der Waals surface area contributed by atoms with Gasteiger partial charge in [0.15, 0.2) is 0 Å². The fraction of sp³-hybridized carbons (Fsp3) is 0.692. The number of rotatable bonds is 2. The van der Waals surface area contributed by atoms with Crippen molar-refractivity contribution in [3.63, 3.8) is 0 Å². The van der Waals surface area contributed by atoms with Gasteiger partial charge in [-0.05, 0) is 26.7 Å². The zero-order valence-corrected chi connectivity index (χ0v) is 12.1. The molecule has 0 radical (unpaired) electrons. The Morgan fingerprint density at radius 2 is 1.81 bits per heavy atom. The molecule has 2 rings (SSSR count). The first-order valence-corrected chi connectivity index (χ1v) is 6.86. The van der Waals surface area contributed by atoms with Gasteiger partial charge in [0, 0.05) is 0 Å². The van der Waals surface area contributed by atoms with Crippen LogP contribution in [0, 0.1) is 0 Å². The quantitative estimate of drug-likeness (QED) is 0.612. The lowest BCUT2D eigenvalue weighted by atomic mass is 9.96. The summed E-state index contributed by atoms with van der Waals surface area (Å²) in [4.78, 5) is 48.2. The number of hydrogen-bond acceptors (Lipinski definition) is 4. The number of carboxylic acid groups (broad SMARTS) is 1. The SMILES string of the molecule is CC1(C)C(=O)NC(=O)CN1C(=O)NC1(C(=O)O)CCCC1. The smallest absolute Gasteiger partial charge is 0.329 e. The summed E-state index contributed by atoms with van der Waals surface area (Å²) in [6.07, 6.45) is 2.13. The van der Waals surface area contributed by atoms with Crippen LogP contribution in [0.25, 0.3) is 0 Å². The van der Waals surface area contributed by atoms with Gasteiger partial charge in [-0.15, -0.1) is 0 Å². The average Bonchev–Trinajstić information content (AvgIpc) is 2.83. The molecule has 2 aliphatic rings. The van der Waals surface area contributed by atoms with Crippen molar-refractivity contribution < 1.29 is 24.3 Å². The molecule has 0 aromatic rings. The van der Waals surface area contributed by atoms with Crippen molar-refractivity contribution in [3.8, 4) is 0 Å². The molecule has 2 fully saturated rings. The predicted octanol–water partition coefficient (Wildman–Crippen LogP) is -0.170. The normalized spacial score (nSPS) is 23.6. The van der Waals surface area contributed by atoms with Crippen LogP contribution in [-0.2, 0) is 14.4 Å². The van der Waals surface area contributed by atoms with Crippen molar-refractivity contribution in [2.45, 2.75) is 50.6 Å². The van der Waals surface area contributed by atoms with Crippen LogP contribution < -0.4 is 10.6 Å². The predicted molar refractivity (Wildman–Crippen MR) is 71.3 cm³/mol. The number of piperazine rings is 1. The Kier molecular flexibility index (Phi) is 3.65. The van der Waals surface area contributed by atoms with Crippen LogP contribution in [-0.4, -0.2) is 51.4 Å². The number of carbonyl (C=O) groups is 4. The Morgan fingerprint density at radius 1 is 1.24 bits per heavy atom. The minimum absolute atomic E-state index is 0.278. The Balaban J connectivity index is 2.20. The van der Waals surface area contributed by atoms with Gasteiger partial charge in [0.25, 0.3) is 5.91 Å². The number of hydrogen-bond donors (Lipinski definition) is 3. The zero-order valence-electron chi connectivity index (χ0n) is 12.1. The molecule has 0 spiro atoms. The molecule has 1 saturated heterocycles. The summed E-state index contributed by atoms with van der Waals surface area (Å²) in [6, 6.07) is -0.701. The third-order valence-corrected chi connectivity index (χ3v) is 4.24. The second-order valence-electron chi connectivity index (χ2n) is 6.05. The van der Waals surface area contributed by atoms with Crippen LogP contribution in [0.2, 0.25) is 0 Å². The van der Waals surface area contributed by atoms with Gasteiger partial charge in [0.1, 0.15) is 17.6 Å². The number of nitrogens with zero attached hydrogens (tertiary/aromatic N) is 1. The Labute approximate surface area is 121 Å². The first-order chi connectivity index (χ1) is 9.69. The molecule has 1 heterocycles. The minimum atomic E-state index is -1.30. The van der Waals surface area contributed by atoms with Gasteiger partial charge >= 0.3 is 12.0 Å². The highest BCUT2D eigenvalue weighted by atomic mass is 16.4. The van der Waals surface area contributed by atoms with E-state index in [4.69, 9.17) is 0 Å². The van der Waals surface area contributed by atoms with E-state index in [1.165, 1.54) is 13.8 Å². The van der Waals surface area contributed by atoms with E-state index in [2.05, 4.69) is 10.6 Å². The number of urea groups is 1. The van der Waals surface area contributed by atoms with Crippen molar-refractivity contribution in [1.82, 2.24) is 15.5 Å². The highest BCUT2D eigenvalue weighted by Gasteiger charge is 2.48. The highest BCUT2D eigenvalue weighted by Crippen LogP contribution is 2.31. The Morgan fingerprint density at radius 3 is 2.33 bits per heavy atom. The second-order valence-corrected chi connectivity index (χ2v) is 6.05. The number of aliphatic carboxylic acids is 1. The molecule has 4 amide bonds. The zero-order chi connectivity index (χ0) is 15.8. The molecule has 0 bridgehead atoms. The first kappa shape index (κ1) is 15.3. The fourth-order valence-electron chi connectivity index (χ4n) is 2.75. The summed E-state index contributed by atoms with van der Waals surface area (Å²) in [5.74, 6) is -2.24. The summed E-state index contributed by atoms with van der Waals surface area (Å²) in [5, 5.41) is 14.0. The van der Waals surface area contributed by atoms with E-state index >= 15 is 0 Å². The molecule has 116 valence electrons. The van der Waals surface area contributed by atoms with Gasteiger partial charge in [-0.1, -0.05) is 12.8 Å². The minimum Gasteiger partial charge on any atom is -0.480 e. The van der Waals surface area contributed by atoms with Crippen molar-refractivity contribution in [3.05, 3.63) is 0 Å². The van der Waals surface area contributed by atoms with Gasteiger partial charge in [0.2, 0.25) is 5.91 Å². The van der Waals surface area contributed by atoms with E-state index < -0.39 is 34.9 Å². The van der Waals surface area contributed by atoms with E-state index in [1.54, 1.807) is 0 Å². The van der Waals surface area contributed by atoms with Crippen LogP contribution >= 0.6 is 0 Å². The monoisotopic (exact) mass is 297 g/mol. The molecular weight excluding hydrogens is 278 g/mol. The van der Waals surface area contributed by atoms with Gasteiger partial charge in [-0.25, -0.2) is 9.59 Å². The molecule has 3 N–H and O–H groups in total. The lowest BCUT2D eigenvalue weighted by Gasteiger charge is -2.41. The summed E-state index contributed by atoms with van der Waals surface area (Å²) in [6.45, 7) is 2.74. The van der Waals surface area contributed by atoms with Crippen molar-refractivity contribution in [2.75, 3.05) is 6.54 Å². The lowest BCUT2D eigenvalue weighted by molar-refractivity contribution is -0.144. The molecule has 0 aromatic carbocycles. The third-order valence-electron chi connectivity index (χ3n) is 4.24. The van der Waals surface area contributed by atoms with Crippen LogP contribution in [0.5, 0.6) is 0 Å². The molecule has 21 heavy (non-hydrogen) atoms. The van der Waals surface area contributed by atoms with Crippen LogP contribution in [0.15, 0.2) is 0 Å². The topological polar surface area (TPSA) is 116 Å². The summed E-state index contributed by atoms with van der Waals surface area (Å²) >= 11 is 0. The number of carbonyl (C=O) groups excluding carboxylic acids is 3. The number of imide groups is 1. The van der Waals surface area contributed by atoms with E-state index in [-0.39, 0.29) is 6.54 Å². The third kappa shape index (κ3) is 2.57. The second kappa shape index (κ2) is 5.01. The van der Waals surface area contributed by atoms with E-state index in [0.29, 0.717) is 12.8 Å². The number of nitrogens with one attached hydrogen (secondary N) is 2. The maximum Gasteiger partial charge on any atom is 0.329 e. The summed E-state index contributed by atoms with van der Waals surface area (Å²) in [7, 11) is 0. The van der Waals surface area contributed by atoms with Gasteiger partial charge in [0.05, 0.1) is 0 Å². The van der Waals surface area contributed by atoms with Crippen LogP contribution in [0.1, 0.15) is 39.5 Å². The molecule has 8 heteroatoms. The molecule has 1 saturated carbocycles. The van der Waals surface area contributed by atoms with Gasteiger partial charge < -0.3 is 15.3 Å². The average molecular weight is 297 g/mol. The Bertz CT molecular complexity index is 508. The molecule has 1 aliphatic heterocycles. The molecule has 1 aliphatic carbocycles. The standard InChI is InChI=1S/C13H19N3O5/c1-12(2)9(18)14-8(17)7-16(12)11(21)15-13(10(19)20)5-3-4-6-13/h3-7H2,1-2H3,(H,15,21)(H,19,20)(H,14,17,18). The maximum absolute atomic E-state index is 12.4. The van der Waals surface area contributed by atoms with E-state index in [1.807, 2.05) is 0 Å². The fourth-order valence-corrected chi connectivity index (χ4v) is 2.75. The van der Waals surface area contributed by atoms with Gasteiger partial charge in [-0.2, -0.15) is 0 Å². The highest BCUT2D eigenvalue weighted by molar-refractivity contribution is 6.06. The van der Waals surface area contributed by atoms with Gasteiger partial charge in [-0.3, -0.25) is 14.9 Å². The van der Waals surface area contributed by atoms with Crippen LogP contribution in [0.3, 0.4) is 0 Å². The van der Waals surface area contributed by atoms with E-state index in [9.17, 15) is 24.3 Å². The lowest BCUT2D eigenvalue weighted by Crippen LogP contribution is -2.69.